The second kappa shape index (κ2) is 8.81. The maximum Gasteiger partial charge on any atom is 0.434 e. The molecule has 3 aromatic rings. The van der Waals surface area contributed by atoms with Crippen LogP contribution in [0.1, 0.15) is 52.0 Å². The number of hydrogen-bond acceptors (Lipinski definition) is 7. The van der Waals surface area contributed by atoms with E-state index in [2.05, 4.69) is 14.8 Å². The first-order valence-corrected chi connectivity index (χ1v) is 11.0. The third kappa shape index (κ3) is 4.56. The van der Waals surface area contributed by atoms with E-state index in [1.807, 2.05) is 5.10 Å². The Morgan fingerprint density at radius 1 is 1.28 bits per heavy atom. The van der Waals surface area contributed by atoms with Crippen molar-refractivity contribution < 1.29 is 27.1 Å². The van der Waals surface area contributed by atoms with Gasteiger partial charge in [-0.1, -0.05) is 24.6 Å². The Balaban J connectivity index is 2.11. The zero-order valence-corrected chi connectivity index (χ0v) is 18.6. The van der Waals surface area contributed by atoms with Gasteiger partial charge in [-0.3, -0.25) is 0 Å². The number of aromatic nitrogens is 3. The van der Waals surface area contributed by atoms with Crippen molar-refractivity contribution in [1.82, 2.24) is 19.9 Å². The number of aryl methyl sites for hydroxylation is 1. The predicted molar refractivity (Wildman–Crippen MR) is 111 cm³/mol. The molecule has 0 bridgehead atoms. The van der Waals surface area contributed by atoms with E-state index >= 15 is 0 Å². The summed E-state index contributed by atoms with van der Waals surface area (Å²) in [5.74, 6) is -4.26. The van der Waals surface area contributed by atoms with Crippen molar-refractivity contribution in [3.05, 3.63) is 73.9 Å². The smallest absolute Gasteiger partial charge is 0.434 e. The summed E-state index contributed by atoms with van der Waals surface area (Å²) in [6, 6.07) is 3.59. The van der Waals surface area contributed by atoms with E-state index in [9.17, 15) is 27.5 Å². The number of benzene rings is 1. The number of rotatable bonds is 7. The number of nitrogens with zero attached hydrogens (tertiary/aromatic N) is 2. The van der Waals surface area contributed by atoms with Crippen LogP contribution in [0.4, 0.5) is 4.39 Å². The van der Waals surface area contributed by atoms with Crippen molar-refractivity contribution in [3.63, 3.8) is 0 Å². The van der Waals surface area contributed by atoms with Crippen LogP contribution in [0.15, 0.2) is 38.5 Å². The highest BCUT2D eigenvalue weighted by Gasteiger charge is 2.34. The summed E-state index contributed by atoms with van der Waals surface area (Å²) in [5, 5.41) is 14.0. The number of carbonyl (C=O) groups is 1. The van der Waals surface area contributed by atoms with Crippen LogP contribution in [0.3, 0.4) is 0 Å². The molecule has 2 aromatic heterocycles. The Labute approximate surface area is 186 Å². The Morgan fingerprint density at radius 2 is 1.97 bits per heavy atom. The van der Waals surface area contributed by atoms with E-state index in [0.717, 1.165) is 17.7 Å². The maximum absolute atomic E-state index is 14.7. The summed E-state index contributed by atoms with van der Waals surface area (Å²) >= 11 is 5.76. The minimum absolute atomic E-state index is 0.193. The molecule has 10 nitrogen and oxygen atoms in total. The van der Waals surface area contributed by atoms with E-state index < -0.39 is 50.2 Å². The van der Waals surface area contributed by atoms with Crippen LogP contribution in [-0.2, 0) is 10.0 Å². The van der Waals surface area contributed by atoms with Gasteiger partial charge >= 0.3 is 11.7 Å². The molecular weight excluding hydrogens is 467 g/mol. The summed E-state index contributed by atoms with van der Waals surface area (Å²) in [6.07, 6.45) is 0. The van der Waals surface area contributed by atoms with Gasteiger partial charge in [-0.25, -0.2) is 32.5 Å². The van der Waals surface area contributed by atoms with Gasteiger partial charge < -0.3 is 9.52 Å². The molecule has 170 valence electrons. The van der Waals surface area contributed by atoms with E-state index in [1.54, 1.807) is 19.9 Å². The fraction of sp³-hybridized carbons (Fsp3) is 0.263. The quantitative estimate of drug-likeness (QED) is 0.462. The van der Waals surface area contributed by atoms with Gasteiger partial charge in [0.25, 0.3) is 10.0 Å². The summed E-state index contributed by atoms with van der Waals surface area (Å²) in [5.41, 5.74) is 0.880. The Morgan fingerprint density at radius 3 is 2.56 bits per heavy atom. The highest BCUT2D eigenvalue weighted by atomic mass is 35.5. The first-order chi connectivity index (χ1) is 14.9. The number of aromatic amines is 1. The van der Waals surface area contributed by atoms with Crippen molar-refractivity contribution in [2.24, 2.45) is 0 Å². The van der Waals surface area contributed by atoms with Crippen molar-refractivity contribution in [1.29, 1.82) is 0 Å². The molecule has 2 heterocycles. The van der Waals surface area contributed by atoms with Crippen molar-refractivity contribution in [2.75, 3.05) is 0 Å². The fourth-order valence-electron chi connectivity index (χ4n) is 3.22. The molecule has 0 radical (unpaired) electrons. The SMILES string of the molecule is Cc1ccc(F)c(C(C)C(NS(=O)(=O)c2ccc(Cl)c(C(=O)O)n2)c2n[nH]c(=O)o2)c1C. The van der Waals surface area contributed by atoms with Gasteiger partial charge in [-0.2, -0.15) is 4.72 Å². The highest BCUT2D eigenvalue weighted by molar-refractivity contribution is 7.89. The van der Waals surface area contributed by atoms with Gasteiger partial charge in [-0.05, 0) is 48.7 Å². The monoisotopic (exact) mass is 484 g/mol. The van der Waals surface area contributed by atoms with E-state index in [-0.39, 0.29) is 16.5 Å². The molecule has 0 amide bonds. The molecule has 0 fully saturated rings. The molecule has 3 N–H and O–H groups in total. The molecule has 0 aliphatic heterocycles. The normalized spacial score (nSPS) is 13.7. The van der Waals surface area contributed by atoms with Crippen LogP contribution < -0.4 is 10.5 Å². The number of carboxylic acid groups (broad SMARTS) is 1. The number of aromatic carboxylic acids is 1. The van der Waals surface area contributed by atoms with Crippen LogP contribution >= 0.6 is 11.6 Å². The van der Waals surface area contributed by atoms with Crippen LogP contribution in [0.5, 0.6) is 0 Å². The molecule has 0 aliphatic rings. The lowest BCUT2D eigenvalue weighted by Gasteiger charge is -2.24. The lowest BCUT2D eigenvalue weighted by atomic mass is 9.88. The molecule has 1 aromatic carbocycles. The van der Waals surface area contributed by atoms with E-state index in [1.165, 1.54) is 13.0 Å². The summed E-state index contributed by atoms with van der Waals surface area (Å²) < 4.78 is 48.0. The number of H-pyrrole nitrogens is 1. The lowest BCUT2D eigenvalue weighted by molar-refractivity contribution is 0.0690. The number of halogens is 2. The van der Waals surface area contributed by atoms with Gasteiger partial charge in [0.2, 0.25) is 5.89 Å². The van der Waals surface area contributed by atoms with Crippen LogP contribution in [0.2, 0.25) is 5.02 Å². The topological polar surface area (TPSA) is 155 Å². The maximum atomic E-state index is 14.7. The first-order valence-electron chi connectivity index (χ1n) is 9.15. The Hall–Kier alpha value is -3.09. The second-order valence-electron chi connectivity index (χ2n) is 7.03. The summed E-state index contributed by atoms with van der Waals surface area (Å²) in [6.45, 7) is 4.98. The largest absolute Gasteiger partial charge is 0.476 e. The van der Waals surface area contributed by atoms with Crippen molar-refractivity contribution in [2.45, 2.75) is 37.8 Å². The molecule has 0 saturated carbocycles. The average Bonchev–Trinajstić information content (AvgIpc) is 3.15. The molecule has 0 saturated heterocycles. The zero-order valence-electron chi connectivity index (χ0n) is 17.0. The Kier molecular flexibility index (Phi) is 6.49. The predicted octanol–water partition coefficient (Wildman–Crippen LogP) is 2.69. The molecule has 2 atom stereocenters. The van der Waals surface area contributed by atoms with Gasteiger partial charge in [0.15, 0.2) is 10.7 Å². The number of pyridine rings is 1. The Bertz CT molecular complexity index is 1350. The molecule has 32 heavy (non-hydrogen) atoms. The molecule has 2 unspecified atom stereocenters. The molecule has 0 aliphatic carbocycles. The van der Waals surface area contributed by atoms with E-state index in [0.29, 0.717) is 5.56 Å². The van der Waals surface area contributed by atoms with Gasteiger partial charge in [0.1, 0.15) is 11.9 Å². The number of sulfonamides is 1. The third-order valence-corrected chi connectivity index (χ3v) is 6.64. The fourth-order valence-corrected chi connectivity index (χ4v) is 4.63. The second-order valence-corrected chi connectivity index (χ2v) is 9.10. The number of nitrogens with one attached hydrogen (secondary N) is 2. The first kappa shape index (κ1) is 23.6. The van der Waals surface area contributed by atoms with Crippen LogP contribution in [-0.4, -0.2) is 34.7 Å². The average molecular weight is 485 g/mol. The van der Waals surface area contributed by atoms with Gasteiger partial charge in [0.05, 0.1) is 5.02 Å². The van der Waals surface area contributed by atoms with E-state index in [4.69, 9.17) is 16.0 Å². The lowest BCUT2D eigenvalue weighted by Crippen LogP contribution is -2.33. The molecule has 0 spiro atoms. The minimum Gasteiger partial charge on any atom is -0.476 e. The van der Waals surface area contributed by atoms with Crippen molar-refractivity contribution in [3.8, 4) is 0 Å². The molecule has 13 heteroatoms. The molecule has 3 rings (SSSR count). The minimum atomic E-state index is -4.48. The van der Waals surface area contributed by atoms with Crippen molar-refractivity contribution >= 4 is 27.6 Å². The van der Waals surface area contributed by atoms with Gasteiger partial charge in [-0.15, -0.1) is 5.10 Å². The third-order valence-electron chi connectivity index (χ3n) is 4.99. The summed E-state index contributed by atoms with van der Waals surface area (Å²) in [4.78, 5) is 26.4. The zero-order chi connectivity index (χ0) is 23.8. The number of carboxylic acids is 1. The molecular formula is C19H18ClFN4O6S. The van der Waals surface area contributed by atoms with Gasteiger partial charge in [0, 0.05) is 5.92 Å². The standard InChI is InChI=1S/C19H18ClFN4O6S/c1-8-4-6-12(21)14(9(8)2)10(3)15(17-23-24-19(28)31-17)25-32(29,30)13-7-5-11(20)16(22-13)18(26)27/h4-7,10,15,25H,1-3H3,(H,24,28)(H,26,27). The summed E-state index contributed by atoms with van der Waals surface area (Å²) in [7, 11) is -4.48. The number of hydrogen-bond donors (Lipinski definition) is 3. The highest BCUT2D eigenvalue weighted by Crippen LogP contribution is 2.35. The van der Waals surface area contributed by atoms with Crippen LogP contribution in [0.25, 0.3) is 0 Å². The van der Waals surface area contributed by atoms with Crippen LogP contribution in [0, 0.1) is 19.7 Å².